The molecule has 0 spiro atoms. The molecule has 0 fully saturated rings. The molecule has 0 radical (unpaired) electrons. The Labute approximate surface area is 141 Å². The number of amides is 1. The number of benzene rings is 2. The number of carbonyl (C=O) groups excluding carboxylic acids is 1. The van der Waals surface area contributed by atoms with Crippen molar-refractivity contribution >= 4 is 33.1 Å². The van der Waals surface area contributed by atoms with E-state index in [1.807, 2.05) is 30.5 Å². The molecule has 1 amide bonds. The van der Waals surface area contributed by atoms with Gasteiger partial charge in [-0.15, -0.1) is 0 Å². The Kier molecular flexibility index (Phi) is 4.26. The number of thiazole rings is 1. The van der Waals surface area contributed by atoms with E-state index < -0.39 is 4.92 Å². The first kappa shape index (κ1) is 16.1. The Morgan fingerprint density at radius 3 is 2.75 bits per heavy atom. The van der Waals surface area contributed by atoms with E-state index in [1.165, 1.54) is 23.5 Å². The molecule has 24 heavy (non-hydrogen) atoms. The quantitative estimate of drug-likeness (QED) is 0.538. The van der Waals surface area contributed by atoms with Gasteiger partial charge >= 0.3 is 0 Å². The van der Waals surface area contributed by atoms with Crippen LogP contribution in [0.25, 0.3) is 10.2 Å². The highest BCUT2D eigenvalue weighted by Gasteiger charge is 2.12. The van der Waals surface area contributed by atoms with Gasteiger partial charge in [0.2, 0.25) is 0 Å². The second-order valence-electron chi connectivity index (χ2n) is 5.32. The Morgan fingerprint density at radius 1 is 1.29 bits per heavy atom. The molecule has 2 aromatic carbocycles. The van der Waals surface area contributed by atoms with Crippen LogP contribution in [-0.4, -0.2) is 15.4 Å². The van der Waals surface area contributed by atoms with Crippen molar-refractivity contribution in [2.24, 2.45) is 4.99 Å². The summed E-state index contributed by atoms with van der Waals surface area (Å²) in [4.78, 5) is 27.7. The molecule has 0 unspecified atom stereocenters. The summed E-state index contributed by atoms with van der Waals surface area (Å²) in [7, 11) is 0. The average Bonchev–Trinajstić information content (AvgIpc) is 2.90. The maximum atomic E-state index is 12.4. The number of hydrogen-bond acceptors (Lipinski definition) is 4. The van der Waals surface area contributed by atoms with Crippen molar-refractivity contribution in [3.8, 4) is 0 Å². The lowest BCUT2D eigenvalue weighted by Crippen LogP contribution is -2.15. The van der Waals surface area contributed by atoms with E-state index in [0.29, 0.717) is 16.9 Å². The number of fused-ring (bicyclic) bond motifs is 1. The van der Waals surface area contributed by atoms with Crippen LogP contribution in [0, 0.1) is 17.0 Å². The molecular weight excluding hydrogens is 326 g/mol. The number of hydrogen-bond donors (Lipinski definition) is 0. The number of aromatic nitrogens is 1. The molecule has 3 rings (SSSR count). The number of non-ortho nitro benzene ring substituents is 1. The molecule has 0 aliphatic carbocycles. The fraction of sp³-hybridized carbons (Fsp3) is 0.176. The zero-order valence-corrected chi connectivity index (χ0v) is 14.0. The highest BCUT2D eigenvalue weighted by atomic mass is 32.1. The van der Waals surface area contributed by atoms with Crippen LogP contribution in [0.15, 0.2) is 47.5 Å². The third kappa shape index (κ3) is 2.98. The van der Waals surface area contributed by atoms with Gasteiger partial charge in [0.05, 0.1) is 15.1 Å². The third-order valence-electron chi connectivity index (χ3n) is 3.66. The van der Waals surface area contributed by atoms with E-state index in [2.05, 4.69) is 4.99 Å². The molecule has 6 nitrogen and oxygen atoms in total. The van der Waals surface area contributed by atoms with E-state index in [-0.39, 0.29) is 11.6 Å². The predicted octanol–water partition coefficient (Wildman–Crippen LogP) is 3.68. The number of nitro groups is 1. The third-order valence-corrected chi connectivity index (χ3v) is 4.70. The summed E-state index contributed by atoms with van der Waals surface area (Å²) in [6.45, 7) is 4.49. The molecule has 0 atom stereocenters. The van der Waals surface area contributed by atoms with Gasteiger partial charge in [-0.1, -0.05) is 29.0 Å². The molecular formula is C17H15N3O3S. The highest BCUT2D eigenvalue weighted by molar-refractivity contribution is 7.16. The van der Waals surface area contributed by atoms with Gasteiger partial charge in [0, 0.05) is 24.2 Å². The van der Waals surface area contributed by atoms with Gasteiger partial charge in [0.1, 0.15) is 0 Å². The van der Waals surface area contributed by atoms with E-state index in [0.717, 1.165) is 15.8 Å². The van der Waals surface area contributed by atoms with Crippen molar-refractivity contribution in [2.45, 2.75) is 20.4 Å². The van der Waals surface area contributed by atoms with Gasteiger partial charge in [-0.05, 0) is 32.0 Å². The van der Waals surface area contributed by atoms with Gasteiger partial charge in [-0.2, -0.15) is 4.99 Å². The Hall–Kier alpha value is -2.80. The van der Waals surface area contributed by atoms with Crippen LogP contribution in [0.2, 0.25) is 0 Å². The highest BCUT2D eigenvalue weighted by Crippen LogP contribution is 2.23. The molecule has 1 aromatic heterocycles. The van der Waals surface area contributed by atoms with Gasteiger partial charge < -0.3 is 4.57 Å². The first-order chi connectivity index (χ1) is 11.5. The van der Waals surface area contributed by atoms with Crippen molar-refractivity contribution in [1.29, 1.82) is 0 Å². The normalized spacial score (nSPS) is 11.8. The molecule has 3 aromatic rings. The van der Waals surface area contributed by atoms with Gasteiger partial charge in [0.25, 0.3) is 11.6 Å². The average molecular weight is 341 g/mol. The summed E-state index contributed by atoms with van der Waals surface area (Å²) >= 11 is 1.28. The van der Waals surface area contributed by atoms with Crippen molar-refractivity contribution in [3.63, 3.8) is 0 Å². The second kappa shape index (κ2) is 6.37. The fourth-order valence-electron chi connectivity index (χ4n) is 2.50. The smallest absolute Gasteiger partial charge is 0.279 e. The lowest BCUT2D eigenvalue weighted by molar-refractivity contribution is -0.384. The van der Waals surface area contributed by atoms with Crippen molar-refractivity contribution in [1.82, 2.24) is 4.57 Å². The van der Waals surface area contributed by atoms with Crippen LogP contribution in [0.1, 0.15) is 22.8 Å². The Morgan fingerprint density at radius 2 is 2.08 bits per heavy atom. The van der Waals surface area contributed by atoms with Gasteiger partial charge in [-0.25, -0.2) is 0 Å². The zero-order valence-electron chi connectivity index (χ0n) is 13.2. The Bertz CT molecular complexity index is 1020. The van der Waals surface area contributed by atoms with Crippen LogP contribution >= 0.6 is 11.3 Å². The largest absolute Gasteiger partial charge is 0.317 e. The lowest BCUT2D eigenvalue weighted by Gasteiger charge is -2.00. The molecule has 0 saturated heterocycles. The topological polar surface area (TPSA) is 77.5 Å². The minimum Gasteiger partial charge on any atom is -0.317 e. The van der Waals surface area contributed by atoms with Crippen molar-refractivity contribution < 1.29 is 9.72 Å². The number of carbonyl (C=O) groups is 1. The number of aryl methyl sites for hydroxylation is 2. The number of nitro benzene ring substituents is 1. The SMILES string of the molecule is CCn1c(=NC(=O)c2cccc(C)c2)sc2cc([N+](=O)[O-])ccc21. The van der Waals surface area contributed by atoms with E-state index in [1.54, 1.807) is 18.2 Å². The summed E-state index contributed by atoms with van der Waals surface area (Å²) in [6.07, 6.45) is 0. The van der Waals surface area contributed by atoms with E-state index >= 15 is 0 Å². The van der Waals surface area contributed by atoms with Crippen LogP contribution in [0.4, 0.5) is 5.69 Å². The monoisotopic (exact) mass is 341 g/mol. The summed E-state index contributed by atoms with van der Waals surface area (Å²) in [6, 6.07) is 11.9. The molecule has 122 valence electrons. The zero-order chi connectivity index (χ0) is 17.3. The van der Waals surface area contributed by atoms with Gasteiger partial charge in [0.15, 0.2) is 4.80 Å². The summed E-state index contributed by atoms with van der Waals surface area (Å²) in [5, 5.41) is 10.9. The minimum absolute atomic E-state index is 0.0311. The maximum Gasteiger partial charge on any atom is 0.279 e. The molecule has 0 aliphatic rings. The van der Waals surface area contributed by atoms with E-state index in [4.69, 9.17) is 0 Å². The van der Waals surface area contributed by atoms with Crippen LogP contribution in [0.5, 0.6) is 0 Å². The summed E-state index contributed by atoms with van der Waals surface area (Å²) in [5.74, 6) is -0.318. The molecule has 1 heterocycles. The van der Waals surface area contributed by atoms with Crippen molar-refractivity contribution in [3.05, 3.63) is 68.5 Å². The van der Waals surface area contributed by atoms with Crippen molar-refractivity contribution in [2.75, 3.05) is 0 Å². The first-order valence-corrected chi connectivity index (χ1v) is 8.24. The molecule has 0 N–H and O–H groups in total. The number of rotatable bonds is 3. The second-order valence-corrected chi connectivity index (χ2v) is 6.33. The standard InChI is InChI=1S/C17H15N3O3S/c1-3-19-14-8-7-13(20(22)23)10-15(14)24-17(19)18-16(21)12-6-4-5-11(2)9-12/h4-10H,3H2,1-2H3. The summed E-state index contributed by atoms with van der Waals surface area (Å²) < 4.78 is 2.62. The number of nitrogens with zero attached hydrogens (tertiary/aromatic N) is 3. The predicted molar refractivity (Wildman–Crippen MR) is 93.2 cm³/mol. The van der Waals surface area contributed by atoms with Crippen LogP contribution in [-0.2, 0) is 6.54 Å². The van der Waals surface area contributed by atoms with Crippen LogP contribution < -0.4 is 4.80 Å². The Balaban J connectivity index is 2.14. The summed E-state index contributed by atoms with van der Waals surface area (Å²) in [5.41, 5.74) is 2.39. The lowest BCUT2D eigenvalue weighted by atomic mass is 10.1. The van der Waals surface area contributed by atoms with Gasteiger partial charge in [-0.3, -0.25) is 14.9 Å². The first-order valence-electron chi connectivity index (χ1n) is 7.43. The molecule has 0 aliphatic heterocycles. The molecule has 0 bridgehead atoms. The maximum absolute atomic E-state index is 12.4. The fourth-order valence-corrected chi connectivity index (χ4v) is 3.62. The van der Waals surface area contributed by atoms with Crippen LogP contribution in [0.3, 0.4) is 0 Å². The molecule has 0 saturated carbocycles. The van der Waals surface area contributed by atoms with E-state index in [9.17, 15) is 14.9 Å². The minimum atomic E-state index is -0.426. The molecule has 7 heteroatoms.